The van der Waals surface area contributed by atoms with Gasteiger partial charge in [-0.05, 0) is 23.8 Å². The lowest BCUT2D eigenvalue weighted by atomic mass is 9.83. The van der Waals surface area contributed by atoms with Crippen molar-refractivity contribution in [3.8, 4) is 10.6 Å². The molecule has 0 saturated carbocycles. The van der Waals surface area contributed by atoms with Crippen molar-refractivity contribution in [1.29, 1.82) is 0 Å². The maximum absolute atomic E-state index is 13.8. The van der Waals surface area contributed by atoms with Crippen molar-refractivity contribution in [2.75, 3.05) is 0 Å². The Morgan fingerprint density at radius 1 is 0.882 bits per heavy atom. The lowest BCUT2D eigenvalue weighted by molar-refractivity contribution is 0.103. The van der Waals surface area contributed by atoms with E-state index in [-0.39, 0.29) is 11.8 Å². The first kappa shape index (κ1) is 19.7. The molecule has 1 aliphatic heterocycles. The molecule has 162 valence electrons. The average Bonchev–Trinajstić information content (AvgIpc) is 3.47. The zero-order valence-corrected chi connectivity index (χ0v) is 19.4. The van der Waals surface area contributed by atoms with Gasteiger partial charge < -0.3 is 0 Å². The van der Waals surface area contributed by atoms with Crippen LogP contribution in [0.4, 0.5) is 0 Å². The second-order valence-electron chi connectivity index (χ2n) is 8.30. The molecule has 4 aromatic rings. The van der Waals surface area contributed by atoms with Crippen molar-refractivity contribution in [2.24, 2.45) is 4.99 Å². The van der Waals surface area contributed by atoms with Gasteiger partial charge in [-0.15, -0.1) is 11.3 Å². The van der Waals surface area contributed by atoms with Crippen LogP contribution in [0.1, 0.15) is 21.5 Å². The van der Waals surface area contributed by atoms with E-state index < -0.39 is 10.8 Å². The summed E-state index contributed by atoms with van der Waals surface area (Å²) >= 11 is 1.59. The Labute approximate surface area is 202 Å². The summed E-state index contributed by atoms with van der Waals surface area (Å²) in [4.78, 5) is 23.9. The quantitative estimate of drug-likeness (QED) is 0.359. The third-order valence-electron chi connectivity index (χ3n) is 6.30. The number of rotatable bonds is 2. The molecule has 4 nitrogen and oxygen atoms in total. The summed E-state index contributed by atoms with van der Waals surface area (Å²) in [6.45, 7) is 0. The number of ketones is 1. The Kier molecular flexibility index (Phi) is 4.28. The zero-order valence-electron chi connectivity index (χ0n) is 17.8. The Bertz CT molecular complexity index is 1680. The summed E-state index contributed by atoms with van der Waals surface area (Å²) in [5.41, 5.74) is 5.59. The van der Waals surface area contributed by atoms with Gasteiger partial charge >= 0.3 is 0 Å². The summed E-state index contributed by atoms with van der Waals surface area (Å²) < 4.78 is 14.5. The highest BCUT2D eigenvalue weighted by molar-refractivity contribution is 8.05. The summed E-state index contributed by atoms with van der Waals surface area (Å²) in [6, 6.07) is 23.0. The molecule has 7 rings (SSSR count). The average molecular weight is 477 g/mol. The van der Waals surface area contributed by atoms with Crippen molar-refractivity contribution in [3.05, 3.63) is 118 Å². The van der Waals surface area contributed by atoms with Gasteiger partial charge in [0.1, 0.15) is 26.9 Å². The molecular formula is C28H16N2O2S2. The number of fused-ring (bicyclic) bond motifs is 5. The molecule has 1 aromatic heterocycles. The fourth-order valence-corrected chi connectivity index (χ4v) is 7.31. The number of hydrogen-bond acceptors (Lipinski definition) is 5. The fourth-order valence-electron chi connectivity index (χ4n) is 4.71. The first-order valence-electron chi connectivity index (χ1n) is 10.9. The van der Waals surface area contributed by atoms with Gasteiger partial charge in [-0.25, -0.2) is 9.19 Å². The van der Waals surface area contributed by atoms with Crippen LogP contribution >= 0.6 is 11.3 Å². The Morgan fingerprint density at radius 3 is 2.38 bits per heavy atom. The second-order valence-corrected chi connectivity index (χ2v) is 10.7. The van der Waals surface area contributed by atoms with E-state index in [1.54, 1.807) is 11.3 Å². The van der Waals surface area contributed by atoms with Crippen LogP contribution in [0.3, 0.4) is 0 Å². The van der Waals surface area contributed by atoms with Crippen molar-refractivity contribution < 1.29 is 9.00 Å². The minimum absolute atomic E-state index is 0.0914. The first-order valence-corrected chi connectivity index (χ1v) is 12.9. The molecule has 2 aliphatic carbocycles. The summed E-state index contributed by atoms with van der Waals surface area (Å²) in [5, 5.41) is 1.46. The Hall–Kier alpha value is -3.74. The highest BCUT2D eigenvalue weighted by Crippen LogP contribution is 2.43. The van der Waals surface area contributed by atoms with Gasteiger partial charge in [0, 0.05) is 27.8 Å². The summed E-state index contributed by atoms with van der Waals surface area (Å²) in [5.74, 6) is -0.0914. The molecule has 3 aliphatic rings. The molecular weight excluding hydrogens is 460 g/mol. The summed E-state index contributed by atoms with van der Waals surface area (Å²) in [7, 11) is -1.48. The number of carbonyl (C=O) groups excluding carboxylic acids is 1. The van der Waals surface area contributed by atoms with Crippen molar-refractivity contribution >= 4 is 49.3 Å². The molecule has 0 amide bonds. The molecule has 0 saturated heterocycles. The highest BCUT2D eigenvalue weighted by Gasteiger charge is 2.39. The molecule has 0 radical (unpaired) electrons. The first-order chi connectivity index (χ1) is 16.7. The standard InChI is InChI=1S/C28H16N2O2S2/c31-24-19-12-14-21-25(33-27(29-21)16-7-3-1-4-8-16)20(19)15-18-11-13-22-26(23(18)24)34(32)28(30-22)17-9-5-2-6-10-17/h1-15,22H. The normalized spacial score (nSPS) is 20.6. The van der Waals surface area contributed by atoms with Gasteiger partial charge in [-0.3, -0.25) is 9.79 Å². The lowest BCUT2D eigenvalue weighted by Gasteiger charge is -2.23. The lowest BCUT2D eigenvalue weighted by Crippen LogP contribution is -2.21. The molecule has 34 heavy (non-hydrogen) atoms. The highest BCUT2D eigenvalue weighted by atomic mass is 32.2. The number of Topliss-reactive ketones (excluding diaryl/α,β-unsaturated/α-hetero) is 1. The molecule has 0 bridgehead atoms. The van der Waals surface area contributed by atoms with Crippen LogP contribution in [-0.4, -0.2) is 26.1 Å². The SMILES string of the molecule is O=C1C2=C3C(C=CC2=Cc2c1ccc1nc(-c4ccccc4)sc21)N=C(c1ccccc1)S3=O. The second kappa shape index (κ2) is 7.38. The molecule has 0 spiro atoms. The number of aromatic nitrogens is 1. The molecule has 2 atom stereocenters. The van der Waals surface area contributed by atoms with E-state index in [1.807, 2.05) is 91.0 Å². The summed E-state index contributed by atoms with van der Waals surface area (Å²) in [6.07, 6.45) is 5.93. The predicted molar refractivity (Wildman–Crippen MR) is 138 cm³/mol. The van der Waals surface area contributed by atoms with Crippen molar-refractivity contribution in [3.63, 3.8) is 0 Å². The number of aliphatic imine (C=N–C) groups is 1. The van der Waals surface area contributed by atoms with Crippen molar-refractivity contribution in [1.82, 2.24) is 4.98 Å². The zero-order chi connectivity index (χ0) is 22.8. The van der Waals surface area contributed by atoms with Gasteiger partial charge in [0.15, 0.2) is 5.78 Å². The molecule has 0 N–H and O–H groups in total. The molecule has 2 heterocycles. The topological polar surface area (TPSA) is 59.4 Å². The maximum Gasteiger partial charge on any atom is 0.195 e. The van der Waals surface area contributed by atoms with Crippen LogP contribution in [0, 0.1) is 0 Å². The Balaban J connectivity index is 1.38. The minimum Gasteiger partial charge on any atom is -0.289 e. The van der Waals surface area contributed by atoms with E-state index in [4.69, 9.17) is 9.98 Å². The Morgan fingerprint density at radius 2 is 1.62 bits per heavy atom. The molecule has 3 aromatic carbocycles. The van der Waals surface area contributed by atoms with Crippen LogP contribution in [0.25, 0.3) is 26.9 Å². The maximum atomic E-state index is 13.8. The molecule has 6 heteroatoms. The van der Waals surface area contributed by atoms with Gasteiger partial charge in [0.2, 0.25) is 0 Å². The fraction of sp³-hybridized carbons (Fsp3) is 0.0357. The van der Waals surface area contributed by atoms with E-state index in [1.165, 1.54) is 0 Å². The number of nitrogens with zero attached hydrogens (tertiary/aromatic N) is 2. The van der Waals surface area contributed by atoms with E-state index in [0.717, 1.165) is 37.5 Å². The number of benzene rings is 3. The van der Waals surface area contributed by atoms with Gasteiger partial charge in [-0.1, -0.05) is 72.8 Å². The van der Waals surface area contributed by atoms with Crippen LogP contribution in [-0.2, 0) is 10.8 Å². The molecule has 2 unspecified atom stereocenters. The number of thiazole rings is 1. The largest absolute Gasteiger partial charge is 0.289 e. The number of allylic oxidation sites excluding steroid dienone is 3. The van der Waals surface area contributed by atoms with Gasteiger partial charge in [0.25, 0.3) is 0 Å². The third kappa shape index (κ3) is 2.82. The van der Waals surface area contributed by atoms with Crippen LogP contribution in [0.5, 0.6) is 0 Å². The third-order valence-corrected chi connectivity index (χ3v) is 8.99. The van der Waals surface area contributed by atoms with Crippen molar-refractivity contribution in [2.45, 2.75) is 6.04 Å². The van der Waals surface area contributed by atoms with Gasteiger partial charge in [0.05, 0.1) is 15.1 Å². The number of carbonyl (C=O) groups is 1. The van der Waals surface area contributed by atoms with E-state index in [9.17, 15) is 9.00 Å². The minimum atomic E-state index is -1.48. The van der Waals surface area contributed by atoms with E-state index >= 15 is 0 Å². The van der Waals surface area contributed by atoms with Gasteiger partial charge in [-0.2, -0.15) is 0 Å². The van der Waals surface area contributed by atoms with Crippen LogP contribution in [0.15, 0.2) is 106 Å². The smallest absolute Gasteiger partial charge is 0.195 e. The monoisotopic (exact) mass is 476 g/mol. The predicted octanol–water partition coefficient (Wildman–Crippen LogP) is 5.94. The van der Waals surface area contributed by atoms with Crippen LogP contribution < -0.4 is 0 Å². The number of hydrogen-bond donors (Lipinski definition) is 0. The molecule has 0 fully saturated rings. The van der Waals surface area contributed by atoms with E-state index in [0.29, 0.717) is 21.1 Å². The van der Waals surface area contributed by atoms with E-state index in [2.05, 4.69) is 0 Å². The van der Waals surface area contributed by atoms with Crippen LogP contribution in [0.2, 0.25) is 0 Å².